The largest absolute Gasteiger partial charge is 0.302 e. The number of nitrogens with one attached hydrogen (secondary N) is 1. The quantitative estimate of drug-likeness (QED) is 0.419. The number of benzene rings is 1. The highest BCUT2D eigenvalue weighted by Crippen LogP contribution is 2.32. The van der Waals surface area contributed by atoms with E-state index in [1.807, 2.05) is 29.0 Å². The first-order valence-corrected chi connectivity index (χ1v) is 10.7. The second-order valence-corrected chi connectivity index (χ2v) is 8.31. The van der Waals surface area contributed by atoms with Crippen LogP contribution in [0.1, 0.15) is 5.69 Å². The minimum Gasteiger partial charge on any atom is -0.302 e. The topological polar surface area (TPSA) is 67.8 Å². The summed E-state index contributed by atoms with van der Waals surface area (Å²) in [6, 6.07) is 10.9. The number of thiazole rings is 2. The van der Waals surface area contributed by atoms with Gasteiger partial charge in [-0.25, -0.2) is 9.97 Å². The summed E-state index contributed by atoms with van der Waals surface area (Å²) in [4.78, 5) is 25.5. The van der Waals surface area contributed by atoms with Crippen molar-refractivity contribution in [3.8, 4) is 22.0 Å². The third-order valence-corrected chi connectivity index (χ3v) is 5.95. The number of hydrogen-bond donors (Lipinski definition) is 1. The lowest BCUT2D eigenvalue weighted by Gasteiger charge is -2.01. The van der Waals surface area contributed by atoms with E-state index in [4.69, 9.17) is 23.2 Å². The van der Waals surface area contributed by atoms with E-state index in [0.29, 0.717) is 26.6 Å². The number of nitrogens with zero attached hydrogens (tertiary/aromatic N) is 3. The number of anilines is 1. The van der Waals surface area contributed by atoms with Gasteiger partial charge in [0.25, 0.3) is 0 Å². The molecule has 28 heavy (non-hydrogen) atoms. The van der Waals surface area contributed by atoms with E-state index in [1.165, 1.54) is 22.7 Å². The molecule has 1 amide bonds. The molecule has 3 heterocycles. The van der Waals surface area contributed by atoms with E-state index >= 15 is 0 Å². The number of pyridine rings is 1. The van der Waals surface area contributed by atoms with Gasteiger partial charge < -0.3 is 5.32 Å². The predicted molar refractivity (Wildman–Crippen MR) is 115 cm³/mol. The fourth-order valence-corrected chi connectivity index (χ4v) is 4.50. The Morgan fingerprint density at radius 2 is 1.93 bits per heavy atom. The maximum absolute atomic E-state index is 12.3. The van der Waals surface area contributed by atoms with Crippen molar-refractivity contribution in [1.29, 1.82) is 0 Å². The summed E-state index contributed by atoms with van der Waals surface area (Å²) in [6.45, 7) is 0. The lowest BCUT2D eigenvalue weighted by molar-refractivity contribution is -0.115. The van der Waals surface area contributed by atoms with Crippen molar-refractivity contribution in [3.63, 3.8) is 0 Å². The Morgan fingerprint density at radius 3 is 2.71 bits per heavy atom. The molecule has 0 aliphatic rings. The first kappa shape index (κ1) is 19.0. The maximum atomic E-state index is 12.3. The molecule has 0 saturated heterocycles. The van der Waals surface area contributed by atoms with Crippen molar-refractivity contribution < 1.29 is 4.79 Å². The second-order valence-electron chi connectivity index (χ2n) is 5.75. The Bertz CT molecular complexity index is 1130. The normalized spacial score (nSPS) is 10.8. The van der Waals surface area contributed by atoms with Crippen LogP contribution in [-0.2, 0) is 11.2 Å². The molecule has 3 aromatic heterocycles. The van der Waals surface area contributed by atoms with Gasteiger partial charge >= 0.3 is 0 Å². The zero-order chi connectivity index (χ0) is 19.5. The average molecular weight is 447 g/mol. The van der Waals surface area contributed by atoms with Gasteiger partial charge in [0.05, 0.1) is 28.5 Å². The SMILES string of the molecule is O=C(Cc1csc(-c2ccccn2)n1)Nc1nc(-c2ccc(Cl)cc2Cl)cs1. The standard InChI is InChI=1S/C19H12Cl2N4OS2/c20-11-4-5-13(14(21)7-11)16-10-28-19(24-16)25-17(26)8-12-9-27-18(23-12)15-3-1-2-6-22-15/h1-7,9-10H,8H2,(H,24,25,26). The van der Waals surface area contributed by atoms with Crippen LogP contribution in [0, 0.1) is 0 Å². The molecule has 0 unspecified atom stereocenters. The van der Waals surface area contributed by atoms with E-state index in [-0.39, 0.29) is 12.3 Å². The van der Waals surface area contributed by atoms with Gasteiger partial charge in [0.1, 0.15) is 5.01 Å². The van der Waals surface area contributed by atoms with Crippen molar-refractivity contribution in [2.24, 2.45) is 0 Å². The Morgan fingerprint density at radius 1 is 1.04 bits per heavy atom. The monoisotopic (exact) mass is 446 g/mol. The van der Waals surface area contributed by atoms with E-state index < -0.39 is 0 Å². The van der Waals surface area contributed by atoms with Crippen molar-refractivity contribution in [2.45, 2.75) is 6.42 Å². The summed E-state index contributed by atoms with van der Waals surface area (Å²) >= 11 is 14.9. The summed E-state index contributed by atoms with van der Waals surface area (Å²) in [6.07, 6.45) is 1.88. The molecule has 4 aromatic rings. The minimum atomic E-state index is -0.180. The Kier molecular flexibility index (Phi) is 5.68. The van der Waals surface area contributed by atoms with Gasteiger partial charge in [-0.05, 0) is 30.3 Å². The minimum absolute atomic E-state index is 0.167. The van der Waals surface area contributed by atoms with Gasteiger partial charge in [0.2, 0.25) is 5.91 Å². The number of carbonyl (C=O) groups is 1. The molecular weight excluding hydrogens is 435 g/mol. The summed E-state index contributed by atoms with van der Waals surface area (Å²) in [5.74, 6) is -0.180. The summed E-state index contributed by atoms with van der Waals surface area (Å²) in [5.41, 5.74) is 2.94. The molecule has 1 aromatic carbocycles. The highest BCUT2D eigenvalue weighted by molar-refractivity contribution is 7.14. The highest BCUT2D eigenvalue weighted by atomic mass is 35.5. The van der Waals surface area contributed by atoms with Crippen LogP contribution in [0.5, 0.6) is 0 Å². The highest BCUT2D eigenvalue weighted by Gasteiger charge is 2.13. The van der Waals surface area contributed by atoms with Crippen molar-refractivity contribution >= 4 is 56.9 Å². The van der Waals surface area contributed by atoms with Gasteiger partial charge in [0, 0.05) is 27.5 Å². The molecule has 0 fully saturated rings. The molecular formula is C19H12Cl2N4OS2. The molecule has 0 atom stereocenters. The molecule has 0 aliphatic carbocycles. The van der Waals surface area contributed by atoms with Crippen LogP contribution < -0.4 is 5.32 Å². The summed E-state index contributed by atoms with van der Waals surface area (Å²) in [5, 5.41) is 8.88. The maximum Gasteiger partial charge on any atom is 0.232 e. The smallest absolute Gasteiger partial charge is 0.232 e. The molecule has 0 saturated carbocycles. The van der Waals surface area contributed by atoms with Gasteiger partial charge in [-0.1, -0.05) is 29.3 Å². The number of halogens is 2. The molecule has 1 N–H and O–H groups in total. The predicted octanol–water partition coefficient (Wildman–Crippen LogP) is 5.82. The molecule has 4 rings (SSSR count). The Hall–Kier alpha value is -2.32. The third-order valence-electron chi connectivity index (χ3n) is 3.74. The van der Waals surface area contributed by atoms with Crippen LogP contribution in [0.25, 0.3) is 22.0 Å². The van der Waals surface area contributed by atoms with Gasteiger partial charge in [-0.3, -0.25) is 9.78 Å². The number of hydrogen-bond acceptors (Lipinski definition) is 6. The van der Waals surface area contributed by atoms with Gasteiger partial charge in [-0.15, -0.1) is 22.7 Å². The lowest BCUT2D eigenvalue weighted by Crippen LogP contribution is -2.14. The van der Waals surface area contributed by atoms with E-state index in [2.05, 4.69) is 20.3 Å². The van der Waals surface area contributed by atoms with Crippen LogP contribution in [-0.4, -0.2) is 20.9 Å². The van der Waals surface area contributed by atoms with E-state index in [0.717, 1.165) is 16.3 Å². The third kappa shape index (κ3) is 4.39. The molecule has 140 valence electrons. The number of carbonyl (C=O) groups excluding carboxylic acids is 1. The number of amides is 1. The molecule has 5 nitrogen and oxygen atoms in total. The molecule has 0 bridgehead atoms. The summed E-state index contributed by atoms with van der Waals surface area (Å²) < 4.78 is 0. The van der Waals surface area contributed by atoms with E-state index in [1.54, 1.807) is 24.4 Å². The van der Waals surface area contributed by atoms with E-state index in [9.17, 15) is 4.79 Å². The Labute approximate surface area is 179 Å². The summed E-state index contributed by atoms with van der Waals surface area (Å²) in [7, 11) is 0. The van der Waals surface area contributed by atoms with Crippen molar-refractivity contribution in [2.75, 3.05) is 5.32 Å². The van der Waals surface area contributed by atoms with Crippen molar-refractivity contribution in [3.05, 3.63) is 69.1 Å². The average Bonchev–Trinajstić information content (AvgIpc) is 3.32. The fraction of sp³-hybridized carbons (Fsp3) is 0.0526. The fourth-order valence-electron chi connectivity index (χ4n) is 2.48. The van der Waals surface area contributed by atoms with Crippen LogP contribution in [0.2, 0.25) is 10.0 Å². The van der Waals surface area contributed by atoms with Crippen LogP contribution in [0.4, 0.5) is 5.13 Å². The van der Waals surface area contributed by atoms with Gasteiger partial charge in [0.15, 0.2) is 5.13 Å². The number of aromatic nitrogens is 3. The molecule has 9 heteroatoms. The van der Waals surface area contributed by atoms with Crippen LogP contribution in [0.15, 0.2) is 53.4 Å². The zero-order valence-electron chi connectivity index (χ0n) is 14.2. The Balaban J connectivity index is 1.42. The first-order chi connectivity index (χ1) is 13.6. The van der Waals surface area contributed by atoms with Crippen molar-refractivity contribution in [1.82, 2.24) is 15.0 Å². The molecule has 0 aliphatic heterocycles. The van der Waals surface area contributed by atoms with Gasteiger partial charge in [-0.2, -0.15) is 0 Å². The zero-order valence-corrected chi connectivity index (χ0v) is 17.4. The first-order valence-electron chi connectivity index (χ1n) is 8.15. The molecule has 0 spiro atoms. The van der Waals surface area contributed by atoms with Crippen LogP contribution in [0.3, 0.4) is 0 Å². The second kappa shape index (κ2) is 8.36. The molecule has 0 radical (unpaired) electrons. The number of rotatable bonds is 5. The van der Waals surface area contributed by atoms with Crippen LogP contribution >= 0.6 is 45.9 Å². The lowest BCUT2D eigenvalue weighted by atomic mass is 10.2.